The lowest BCUT2D eigenvalue weighted by Gasteiger charge is -2.19. The predicted octanol–water partition coefficient (Wildman–Crippen LogP) is 1.06. The van der Waals surface area contributed by atoms with Crippen LogP contribution in [0, 0.1) is 0 Å². The Labute approximate surface area is 63.9 Å². The minimum absolute atomic E-state index is 0.594. The number of nitrogens with zero attached hydrogens (tertiary/aromatic N) is 1. The van der Waals surface area contributed by atoms with E-state index in [0.717, 1.165) is 6.54 Å². The molecule has 0 aromatic carbocycles. The molecule has 0 rings (SSSR count). The van der Waals surface area contributed by atoms with Gasteiger partial charge in [0.1, 0.15) is 0 Å². The number of hydrogen-bond donors (Lipinski definition) is 1. The molecular weight excluding hydrogens is 124 g/mol. The zero-order valence-corrected chi connectivity index (χ0v) is 7.39. The van der Waals surface area contributed by atoms with Crippen molar-refractivity contribution in [2.24, 2.45) is 0 Å². The molecule has 10 heavy (non-hydrogen) atoms. The molecular formula is C8H18N2. The quantitative estimate of drug-likeness (QED) is 0.631. The lowest BCUT2D eigenvalue weighted by Crippen LogP contribution is -2.33. The van der Waals surface area contributed by atoms with E-state index in [4.69, 9.17) is 0 Å². The van der Waals surface area contributed by atoms with Crippen LogP contribution >= 0.6 is 0 Å². The van der Waals surface area contributed by atoms with E-state index in [0.29, 0.717) is 6.04 Å². The Morgan fingerprint density at radius 2 is 2.10 bits per heavy atom. The molecule has 0 saturated carbocycles. The monoisotopic (exact) mass is 142 g/mol. The summed E-state index contributed by atoms with van der Waals surface area (Å²) in [5.41, 5.74) is 0. The van der Waals surface area contributed by atoms with Crippen molar-refractivity contribution in [2.75, 3.05) is 20.6 Å². The highest BCUT2D eigenvalue weighted by Gasteiger charge is 2.00. The van der Waals surface area contributed by atoms with E-state index in [1.165, 1.54) is 0 Å². The molecule has 0 aromatic rings. The van der Waals surface area contributed by atoms with Gasteiger partial charge in [-0.15, -0.1) is 0 Å². The number of allylic oxidation sites excluding steroid dienone is 1. The molecule has 0 radical (unpaired) electrons. The Morgan fingerprint density at radius 3 is 2.50 bits per heavy atom. The van der Waals surface area contributed by atoms with E-state index in [-0.39, 0.29) is 0 Å². The summed E-state index contributed by atoms with van der Waals surface area (Å²) >= 11 is 0. The van der Waals surface area contributed by atoms with Crippen molar-refractivity contribution < 1.29 is 0 Å². The maximum atomic E-state index is 3.19. The fraction of sp³-hybridized carbons (Fsp3) is 0.750. The molecule has 0 aliphatic rings. The normalized spacial score (nSPS) is 14.5. The van der Waals surface area contributed by atoms with Gasteiger partial charge in [0.2, 0.25) is 0 Å². The average Bonchev–Trinajstić information content (AvgIpc) is 1.88. The van der Waals surface area contributed by atoms with Crippen molar-refractivity contribution in [1.29, 1.82) is 0 Å². The average molecular weight is 142 g/mol. The van der Waals surface area contributed by atoms with Crippen LogP contribution < -0.4 is 5.32 Å². The number of nitrogens with one attached hydrogen (secondary N) is 1. The van der Waals surface area contributed by atoms with Gasteiger partial charge in [-0.2, -0.15) is 0 Å². The van der Waals surface area contributed by atoms with Gasteiger partial charge >= 0.3 is 0 Å². The fourth-order valence-corrected chi connectivity index (χ4v) is 0.539. The van der Waals surface area contributed by atoms with Crippen molar-refractivity contribution in [3.05, 3.63) is 12.3 Å². The van der Waals surface area contributed by atoms with Crippen LogP contribution in [0.25, 0.3) is 0 Å². The van der Waals surface area contributed by atoms with Crippen LogP contribution in [0.3, 0.4) is 0 Å². The molecule has 1 unspecified atom stereocenters. The second-order valence-electron chi connectivity index (χ2n) is 2.72. The molecule has 0 bridgehead atoms. The van der Waals surface area contributed by atoms with E-state index in [9.17, 15) is 0 Å². The smallest absolute Gasteiger partial charge is 0.0294 e. The van der Waals surface area contributed by atoms with E-state index in [2.05, 4.69) is 31.2 Å². The van der Waals surface area contributed by atoms with E-state index < -0.39 is 0 Å². The van der Waals surface area contributed by atoms with Crippen molar-refractivity contribution >= 4 is 0 Å². The summed E-state index contributed by atoms with van der Waals surface area (Å²) in [5.74, 6) is 0. The first-order chi connectivity index (χ1) is 4.68. The highest BCUT2D eigenvalue weighted by atomic mass is 15.1. The molecule has 0 amide bonds. The molecule has 0 saturated heterocycles. The van der Waals surface area contributed by atoms with Gasteiger partial charge in [0, 0.05) is 12.6 Å². The minimum Gasteiger partial charge on any atom is -0.390 e. The van der Waals surface area contributed by atoms with E-state index in [1.807, 2.05) is 19.2 Å². The maximum Gasteiger partial charge on any atom is 0.0294 e. The van der Waals surface area contributed by atoms with Gasteiger partial charge in [0.25, 0.3) is 0 Å². The van der Waals surface area contributed by atoms with Gasteiger partial charge in [0.15, 0.2) is 0 Å². The van der Waals surface area contributed by atoms with Crippen LogP contribution in [-0.4, -0.2) is 31.6 Å². The first-order valence-electron chi connectivity index (χ1n) is 3.69. The van der Waals surface area contributed by atoms with Gasteiger partial charge in [-0.05, 0) is 34.1 Å². The zero-order valence-electron chi connectivity index (χ0n) is 7.39. The molecule has 0 aromatic heterocycles. The third kappa shape index (κ3) is 4.39. The minimum atomic E-state index is 0.594. The highest BCUT2D eigenvalue weighted by molar-refractivity contribution is 4.76. The van der Waals surface area contributed by atoms with E-state index in [1.54, 1.807) is 0 Å². The van der Waals surface area contributed by atoms with Gasteiger partial charge in [-0.3, -0.25) is 0 Å². The summed E-state index contributed by atoms with van der Waals surface area (Å²) in [4.78, 5) is 2.19. The molecule has 2 heteroatoms. The maximum absolute atomic E-state index is 3.19. The van der Waals surface area contributed by atoms with E-state index >= 15 is 0 Å². The first-order valence-corrected chi connectivity index (χ1v) is 3.69. The van der Waals surface area contributed by atoms with Crippen LogP contribution in [0.5, 0.6) is 0 Å². The van der Waals surface area contributed by atoms with Gasteiger partial charge in [0.05, 0.1) is 0 Å². The Balaban J connectivity index is 3.30. The summed E-state index contributed by atoms with van der Waals surface area (Å²) in [6, 6.07) is 0.594. The molecule has 0 aliphatic carbocycles. The molecule has 0 aliphatic heterocycles. The largest absolute Gasteiger partial charge is 0.390 e. The Bertz CT molecular complexity index is 97.4. The Morgan fingerprint density at radius 1 is 1.50 bits per heavy atom. The molecule has 0 heterocycles. The Kier molecular flexibility index (Phi) is 5.03. The van der Waals surface area contributed by atoms with Crippen LogP contribution in [0.2, 0.25) is 0 Å². The summed E-state index contributed by atoms with van der Waals surface area (Å²) in [6.45, 7) is 5.21. The fourth-order valence-electron chi connectivity index (χ4n) is 0.539. The lowest BCUT2D eigenvalue weighted by molar-refractivity contribution is 0.311. The summed E-state index contributed by atoms with van der Waals surface area (Å²) in [7, 11) is 4.17. The first kappa shape index (κ1) is 9.50. The predicted molar refractivity (Wildman–Crippen MR) is 46.0 cm³/mol. The van der Waals surface area contributed by atoms with Gasteiger partial charge in [-0.25, -0.2) is 0 Å². The third-order valence-electron chi connectivity index (χ3n) is 1.58. The molecule has 2 nitrogen and oxygen atoms in total. The number of likely N-dealkylation sites (N-methyl/N-ethyl adjacent to an activating group) is 1. The second-order valence-corrected chi connectivity index (χ2v) is 2.72. The zero-order chi connectivity index (χ0) is 7.98. The molecule has 0 spiro atoms. The lowest BCUT2D eigenvalue weighted by atomic mass is 10.3. The van der Waals surface area contributed by atoms with Crippen LogP contribution in [0.4, 0.5) is 0 Å². The highest BCUT2D eigenvalue weighted by Crippen LogP contribution is 1.87. The second kappa shape index (κ2) is 5.30. The third-order valence-corrected chi connectivity index (χ3v) is 1.58. The summed E-state index contributed by atoms with van der Waals surface area (Å²) in [5, 5.41) is 3.19. The van der Waals surface area contributed by atoms with Crippen LogP contribution in [0.15, 0.2) is 12.3 Å². The standard InChI is InChI=1S/C8H18N2/c1-5-6-9-7-8(2)10(3)4/h5-6,8-9H,7H2,1-4H3/b6-5+. The van der Waals surface area contributed by atoms with Crippen molar-refractivity contribution in [3.8, 4) is 0 Å². The van der Waals surface area contributed by atoms with Gasteiger partial charge < -0.3 is 10.2 Å². The summed E-state index contributed by atoms with van der Waals surface area (Å²) < 4.78 is 0. The van der Waals surface area contributed by atoms with Crippen LogP contribution in [-0.2, 0) is 0 Å². The number of rotatable bonds is 4. The van der Waals surface area contributed by atoms with Crippen molar-refractivity contribution in [3.63, 3.8) is 0 Å². The molecule has 0 fully saturated rings. The van der Waals surface area contributed by atoms with Crippen molar-refractivity contribution in [1.82, 2.24) is 10.2 Å². The Hall–Kier alpha value is -0.500. The van der Waals surface area contributed by atoms with Crippen molar-refractivity contribution in [2.45, 2.75) is 19.9 Å². The SMILES string of the molecule is C/C=C/NCC(C)N(C)C. The van der Waals surface area contributed by atoms with Gasteiger partial charge in [-0.1, -0.05) is 6.08 Å². The summed E-state index contributed by atoms with van der Waals surface area (Å²) in [6.07, 6.45) is 3.97. The molecule has 1 N–H and O–H groups in total. The number of hydrogen-bond acceptors (Lipinski definition) is 2. The molecule has 1 atom stereocenters. The van der Waals surface area contributed by atoms with Crippen LogP contribution in [0.1, 0.15) is 13.8 Å². The topological polar surface area (TPSA) is 15.3 Å². The molecule has 60 valence electrons.